The van der Waals surface area contributed by atoms with E-state index in [1.165, 1.54) is 6.20 Å². The van der Waals surface area contributed by atoms with Gasteiger partial charge in [0.2, 0.25) is 0 Å². The Hall–Kier alpha value is -0.620. The maximum absolute atomic E-state index is 12.0. The predicted octanol–water partition coefficient (Wildman–Crippen LogP) is 0.0891. The highest BCUT2D eigenvalue weighted by Gasteiger charge is 2.07. The number of hydrogen-bond acceptors (Lipinski definition) is 4. The number of hydrogen-bond donors (Lipinski definition) is 0. The molecule has 0 N–H and O–H groups in total. The summed E-state index contributed by atoms with van der Waals surface area (Å²) in [5.41, 5.74) is 0. The molecule has 0 radical (unpaired) electrons. The number of morpholine rings is 1. The van der Waals surface area contributed by atoms with E-state index in [4.69, 9.17) is 4.74 Å². The van der Waals surface area contributed by atoms with Crippen molar-refractivity contribution in [2.75, 3.05) is 26.3 Å². The zero-order chi connectivity index (χ0) is 9.03. The van der Waals surface area contributed by atoms with Crippen molar-refractivity contribution >= 4 is 10.2 Å². The molecular weight excluding hydrogens is 185 g/mol. The van der Waals surface area contributed by atoms with Crippen molar-refractivity contribution in [3.05, 3.63) is 11.6 Å². The maximum atomic E-state index is 12.0. The number of nitrogens with zero attached hydrogens (tertiary/aromatic N) is 1. The number of rotatable bonds is 2. The third-order valence-corrected chi connectivity index (χ3v) is 1.93. The molecule has 0 aromatic carbocycles. The molecule has 0 spiro atoms. The van der Waals surface area contributed by atoms with Gasteiger partial charge in [0.1, 0.15) is 0 Å². The van der Waals surface area contributed by atoms with Gasteiger partial charge in [-0.2, -0.15) is 8.42 Å². The molecule has 0 atom stereocenters. The molecule has 0 saturated carbocycles. The minimum Gasteiger partial charge on any atom is -0.378 e. The lowest BCUT2D eigenvalue weighted by atomic mass is 10.5. The van der Waals surface area contributed by atoms with E-state index < -0.39 is 10.2 Å². The van der Waals surface area contributed by atoms with Crippen molar-refractivity contribution in [1.82, 2.24) is 4.90 Å². The van der Waals surface area contributed by atoms with Gasteiger partial charge in [-0.1, -0.05) is 0 Å². The molecule has 70 valence electrons. The van der Waals surface area contributed by atoms with Crippen LogP contribution in [0.4, 0.5) is 3.89 Å². The molecule has 1 heterocycles. The smallest absolute Gasteiger partial charge is 0.326 e. The molecule has 1 aliphatic rings. The molecule has 1 fully saturated rings. The Balaban J connectivity index is 2.44. The standard InChI is InChI=1S/C6H10FNO3S/c7-12(9,10)6-3-8-1-4-11-5-2-8/h3,6H,1-2,4-5H2/b6-3+. The minimum absolute atomic E-state index is 0.552. The first-order chi connectivity index (χ1) is 5.58. The Morgan fingerprint density at radius 1 is 1.33 bits per heavy atom. The lowest BCUT2D eigenvalue weighted by Gasteiger charge is -2.24. The molecular formula is C6H10FNO3S. The molecule has 1 rings (SSSR count). The van der Waals surface area contributed by atoms with Crippen molar-refractivity contribution in [1.29, 1.82) is 0 Å². The van der Waals surface area contributed by atoms with Gasteiger partial charge in [0, 0.05) is 19.3 Å². The second kappa shape index (κ2) is 3.86. The van der Waals surface area contributed by atoms with Crippen LogP contribution in [0, 0.1) is 0 Å². The van der Waals surface area contributed by atoms with E-state index in [2.05, 4.69) is 0 Å². The van der Waals surface area contributed by atoms with Crippen LogP contribution in [-0.2, 0) is 15.0 Å². The lowest BCUT2D eigenvalue weighted by Crippen LogP contribution is -2.32. The van der Waals surface area contributed by atoms with Crippen LogP contribution in [0.25, 0.3) is 0 Å². The van der Waals surface area contributed by atoms with Gasteiger partial charge in [0.05, 0.1) is 18.6 Å². The summed E-state index contributed by atoms with van der Waals surface area (Å²) in [5, 5.41) is 0.554. The monoisotopic (exact) mass is 195 g/mol. The van der Waals surface area contributed by atoms with Gasteiger partial charge in [0.15, 0.2) is 0 Å². The first-order valence-corrected chi connectivity index (χ1v) is 4.97. The Bertz CT molecular complexity index is 256. The second-order valence-corrected chi connectivity index (χ2v) is 3.63. The van der Waals surface area contributed by atoms with Crippen molar-refractivity contribution in [2.24, 2.45) is 0 Å². The van der Waals surface area contributed by atoms with Gasteiger partial charge in [0.25, 0.3) is 0 Å². The highest BCUT2D eigenvalue weighted by molar-refractivity contribution is 7.89. The van der Waals surface area contributed by atoms with Crippen LogP contribution in [0.3, 0.4) is 0 Å². The van der Waals surface area contributed by atoms with E-state index in [1.807, 2.05) is 0 Å². The highest BCUT2D eigenvalue weighted by atomic mass is 32.3. The summed E-state index contributed by atoms with van der Waals surface area (Å²) in [4.78, 5) is 1.70. The summed E-state index contributed by atoms with van der Waals surface area (Å²) in [7, 11) is -4.49. The molecule has 0 amide bonds. The maximum Gasteiger partial charge on any atom is 0.326 e. The number of halogens is 1. The molecule has 6 heteroatoms. The Morgan fingerprint density at radius 3 is 2.42 bits per heavy atom. The van der Waals surface area contributed by atoms with Gasteiger partial charge < -0.3 is 9.64 Å². The van der Waals surface area contributed by atoms with Gasteiger partial charge in [-0.15, -0.1) is 3.89 Å². The first-order valence-electron chi connectivity index (χ1n) is 3.52. The SMILES string of the molecule is O=S(=O)(F)/C=C/N1CCOCC1. The fourth-order valence-electron chi connectivity index (χ4n) is 0.885. The summed E-state index contributed by atoms with van der Waals surface area (Å²) in [6.07, 6.45) is 1.23. The molecule has 1 aliphatic heterocycles. The summed E-state index contributed by atoms with van der Waals surface area (Å²) < 4.78 is 37.1. The quantitative estimate of drug-likeness (QED) is 0.586. The van der Waals surface area contributed by atoms with Gasteiger partial charge in [-0.05, 0) is 0 Å². The third kappa shape index (κ3) is 3.68. The molecule has 4 nitrogen and oxygen atoms in total. The first kappa shape index (κ1) is 9.47. The van der Waals surface area contributed by atoms with Crippen LogP contribution in [0.15, 0.2) is 11.6 Å². The van der Waals surface area contributed by atoms with E-state index in [0.29, 0.717) is 31.7 Å². The van der Waals surface area contributed by atoms with Gasteiger partial charge >= 0.3 is 10.2 Å². The average Bonchev–Trinajstić information content (AvgIpc) is 2.02. The van der Waals surface area contributed by atoms with Crippen LogP contribution in [0.2, 0.25) is 0 Å². The molecule has 1 saturated heterocycles. The third-order valence-electron chi connectivity index (χ3n) is 1.48. The molecule has 0 aromatic heterocycles. The summed E-state index contributed by atoms with van der Waals surface area (Å²) in [6.45, 7) is 2.31. The van der Waals surface area contributed by atoms with Crippen molar-refractivity contribution in [2.45, 2.75) is 0 Å². The largest absolute Gasteiger partial charge is 0.378 e. The van der Waals surface area contributed by atoms with E-state index in [-0.39, 0.29) is 0 Å². The topological polar surface area (TPSA) is 46.6 Å². The zero-order valence-electron chi connectivity index (χ0n) is 6.44. The van der Waals surface area contributed by atoms with Crippen LogP contribution in [0.5, 0.6) is 0 Å². The normalized spacial score (nSPS) is 20.2. The molecule has 0 unspecified atom stereocenters. The molecule has 0 aromatic rings. The fraction of sp³-hybridized carbons (Fsp3) is 0.667. The summed E-state index contributed by atoms with van der Waals surface area (Å²) >= 11 is 0. The molecule has 12 heavy (non-hydrogen) atoms. The second-order valence-electron chi connectivity index (χ2n) is 2.41. The van der Waals surface area contributed by atoms with Crippen LogP contribution < -0.4 is 0 Å². The van der Waals surface area contributed by atoms with Crippen LogP contribution in [-0.4, -0.2) is 39.6 Å². The average molecular weight is 195 g/mol. The van der Waals surface area contributed by atoms with Crippen molar-refractivity contribution < 1.29 is 17.0 Å². The Kier molecular flexibility index (Phi) is 3.05. The minimum atomic E-state index is -4.49. The van der Waals surface area contributed by atoms with E-state index in [1.54, 1.807) is 4.90 Å². The summed E-state index contributed by atoms with van der Waals surface area (Å²) in [6, 6.07) is 0. The van der Waals surface area contributed by atoms with Crippen LogP contribution >= 0.6 is 0 Å². The highest BCUT2D eigenvalue weighted by Crippen LogP contribution is 2.00. The Labute approximate surface area is 70.8 Å². The van der Waals surface area contributed by atoms with Crippen LogP contribution in [0.1, 0.15) is 0 Å². The van der Waals surface area contributed by atoms with E-state index >= 15 is 0 Å². The predicted molar refractivity (Wildman–Crippen MR) is 41.6 cm³/mol. The fourth-order valence-corrected chi connectivity index (χ4v) is 1.20. The van der Waals surface area contributed by atoms with Crippen molar-refractivity contribution in [3.8, 4) is 0 Å². The molecule has 0 bridgehead atoms. The van der Waals surface area contributed by atoms with Crippen molar-refractivity contribution in [3.63, 3.8) is 0 Å². The number of ether oxygens (including phenoxy) is 1. The van der Waals surface area contributed by atoms with E-state index in [0.717, 1.165) is 0 Å². The Morgan fingerprint density at radius 2 is 1.92 bits per heavy atom. The van der Waals surface area contributed by atoms with E-state index in [9.17, 15) is 12.3 Å². The zero-order valence-corrected chi connectivity index (χ0v) is 7.26. The van der Waals surface area contributed by atoms with Gasteiger partial charge in [-0.3, -0.25) is 0 Å². The van der Waals surface area contributed by atoms with Gasteiger partial charge in [-0.25, -0.2) is 0 Å². The molecule has 0 aliphatic carbocycles. The lowest BCUT2D eigenvalue weighted by molar-refractivity contribution is 0.0594. The summed E-state index contributed by atoms with van der Waals surface area (Å²) in [5.74, 6) is 0.